The smallest absolute Gasteiger partial charge is 0.344 e. The first kappa shape index (κ1) is 23.3. The summed E-state index contributed by atoms with van der Waals surface area (Å²) in [6, 6.07) is 15.5. The molecule has 2 aromatic rings. The van der Waals surface area contributed by atoms with Crippen molar-refractivity contribution in [2.24, 2.45) is 4.99 Å². The molecule has 0 radical (unpaired) electrons. The Hall–Kier alpha value is -3.32. The van der Waals surface area contributed by atoms with Crippen LogP contribution in [0.15, 0.2) is 69.8 Å². The van der Waals surface area contributed by atoms with Crippen molar-refractivity contribution >= 4 is 34.8 Å². The van der Waals surface area contributed by atoms with Crippen molar-refractivity contribution in [2.75, 3.05) is 6.61 Å². The van der Waals surface area contributed by atoms with Crippen molar-refractivity contribution in [1.82, 2.24) is 0 Å². The van der Waals surface area contributed by atoms with Crippen LogP contribution in [0.3, 0.4) is 0 Å². The molecule has 32 heavy (non-hydrogen) atoms. The zero-order chi connectivity index (χ0) is 23.1. The van der Waals surface area contributed by atoms with Gasteiger partial charge in [0.25, 0.3) is 0 Å². The van der Waals surface area contributed by atoms with Crippen LogP contribution in [-0.4, -0.2) is 28.6 Å². The van der Waals surface area contributed by atoms with Crippen LogP contribution in [0.25, 0.3) is 6.08 Å². The number of hydrogen-bond donors (Lipinski definition) is 1. The van der Waals surface area contributed by atoms with Crippen LogP contribution in [0.2, 0.25) is 0 Å². The number of carbonyl (C=O) groups is 2. The number of aliphatic hydroxyl groups excluding tert-OH is 1. The first-order valence-corrected chi connectivity index (χ1v) is 11.1. The van der Waals surface area contributed by atoms with E-state index in [1.54, 1.807) is 19.9 Å². The zero-order valence-electron chi connectivity index (χ0n) is 18.3. The van der Waals surface area contributed by atoms with Gasteiger partial charge in [0.2, 0.25) is 5.91 Å². The average Bonchev–Trinajstić information content (AvgIpc) is 3.08. The van der Waals surface area contributed by atoms with Crippen LogP contribution in [0, 0.1) is 6.92 Å². The lowest BCUT2D eigenvalue weighted by molar-refractivity contribution is -0.138. The van der Waals surface area contributed by atoms with Crippen LogP contribution in [0.4, 0.5) is 0 Å². The Kier molecular flexibility index (Phi) is 7.89. The molecule has 0 aliphatic carbocycles. The molecule has 0 fully saturated rings. The van der Waals surface area contributed by atoms with Gasteiger partial charge in [0.1, 0.15) is 28.7 Å². The fourth-order valence-corrected chi connectivity index (χ4v) is 3.88. The van der Waals surface area contributed by atoms with Crippen LogP contribution < -0.4 is 4.74 Å². The van der Waals surface area contributed by atoms with Gasteiger partial charge < -0.3 is 14.6 Å². The summed E-state index contributed by atoms with van der Waals surface area (Å²) in [6.07, 6.45) is 1.92. The van der Waals surface area contributed by atoms with Gasteiger partial charge in [0, 0.05) is 6.42 Å². The van der Waals surface area contributed by atoms with E-state index < -0.39 is 5.97 Å². The van der Waals surface area contributed by atoms with E-state index in [2.05, 4.69) is 4.99 Å². The Balaban J connectivity index is 1.77. The number of thioether (sulfide) groups is 1. The Morgan fingerprint density at radius 2 is 1.75 bits per heavy atom. The molecule has 0 atom stereocenters. The van der Waals surface area contributed by atoms with Gasteiger partial charge in [-0.2, -0.15) is 0 Å². The average molecular weight is 452 g/mol. The summed E-state index contributed by atoms with van der Waals surface area (Å²) in [6.45, 7) is 6.01. The molecule has 1 heterocycles. The normalized spacial score (nSPS) is 16.0. The van der Waals surface area contributed by atoms with E-state index in [1.807, 2.05) is 55.5 Å². The quantitative estimate of drug-likeness (QED) is 0.570. The minimum atomic E-state index is -0.705. The molecular weight excluding hydrogens is 426 g/mol. The van der Waals surface area contributed by atoms with Gasteiger partial charge >= 0.3 is 5.97 Å². The van der Waals surface area contributed by atoms with E-state index >= 15 is 0 Å². The van der Waals surface area contributed by atoms with E-state index in [9.17, 15) is 14.7 Å². The van der Waals surface area contributed by atoms with E-state index in [0.29, 0.717) is 11.5 Å². The number of ether oxygens (including phenoxy) is 2. The first-order valence-electron chi connectivity index (χ1n) is 10.3. The number of aliphatic imine (C=N–C) groups is 1. The third kappa shape index (κ3) is 5.88. The standard InChI is InChI=1S/C25H25NO5S/c1-4-21(27)26-24-22(25(29)30-5-2)23(28)20(32-24)14-17-10-12-19(13-11-17)31-15-18-8-6-16(3)7-9-18/h6-14,28H,4-5,15H2,1-3H3/b20-14-,26-24?. The van der Waals surface area contributed by atoms with Crippen molar-refractivity contribution in [2.45, 2.75) is 33.8 Å². The molecule has 1 N–H and O–H groups in total. The Bertz CT molecular complexity index is 1080. The van der Waals surface area contributed by atoms with Gasteiger partial charge in [0.05, 0.1) is 11.5 Å². The Morgan fingerprint density at radius 3 is 2.38 bits per heavy atom. The Morgan fingerprint density at radius 1 is 1.06 bits per heavy atom. The van der Waals surface area contributed by atoms with Gasteiger partial charge in [-0.15, -0.1) is 0 Å². The minimum absolute atomic E-state index is 0.0806. The van der Waals surface area contributed by atoms with Crippen molar-refractivity contribution in [3.63, 3.8) is 0 Å². The Labute approximate surface area is 191 Å². The van der Waals surface area contributed by atoms with E-state index in [0.717, 1.165) is 28.6 Å². The highest BCUT2D eigenvalue weighted by Gasteiger charge is 2.33. The van der Waals surface area contributed by atoms with E-state index in [1.165, 1.54) is 5.56 Å². The number of esters is 1. The van der Waals surface area contributed by atoms with Crippen LogP contribution in [-0.2, 0) is 20.9 Å². The summed E-state index contributed by atoms with van der Waals surface area (Å²) in [5.41, 5.74) is 3.00. The van der Waals surface area contributed by atoms with E-state index in [4.69, 9.17) is 9.47 Å². The maximum absolute atomic E-state index is 12.3. The summed E-state index contributed by atoms with van der Waals surface area (Å²) < 4.78 is 10.8. The molecule has 0 bridgehead atoms. The fraction of sp³-hybridized carbons (Fsp3) is 0.240. The van der Waals surface area contributed by atoms with Gasteiger partial charge in [0.15, 0.2) is 0 Å². The summed E-state index contributed by atoms with van der Waals surface area (Å²) >= 11 is 1.07. The van der Waals surface area contributed by atoms with E-state index in [-0.39, 0.29) is 35.3 Å². The zero-order valence-corrected chi connectivity index (χ0v) is 19.1. The van der Waals surface area contributed by atoms with Gasteiger partial charge in [-0.25, -0.2) is 9.79 Å². The number of hydrogen-bond acceptors (Lipinski definition) is 6. The lowest BCUT2D eigenvalue weighted by Crippen LogP contribution is -2.14. The molecule has 1 aliphatic heterocycles. The maximum Gasteiger partial charge on any atom is 0.344 e. The fourth-order valence-electron chi connectivity index (χ4n) is 2.85. The number of nitrogens with zero attached hydrogens (tertiary/aromatic N) is 1. The van der Waals surface area contributed by atoms with Crippen LogP contribution >= 0.6 is 11.8 Å². The van der Waals surface area contributed by atoms with Gasteiger partial charge in [-0.1, -0.05) is 60.6 Å². The van der Waals surface area contributed by atoms with Crippen LogP contribution in [0.5, 0.6) is 5.75 Å². The molecule has 0 saturated heterocycles. The van der Waals surface area contributed by atoms with Crippen molar-refractivity contribution in [3.05, 3.63) is 81.5 Å². The first-order chi connectivity index (χ1) is 15.4. The molecule has 1 amide bonds. The molecule has 1 aliphatic rings. The lowest BCUT2D eigenvalue weighted by atomic mass is 10.1. The largest absolute Gasteiger partial charge is 0.506 e. The summed E-state index contributed by atoms with van der Waals surface area (Å²) in [7, 11) is 0. The summed E-state index contributed by atoms with van der Waals surface area (Å²) in [4.78, 5) is 28.5. The molecule has 0 unspecified atom stereocenters. The topological polar surface area (TPSA) is 85.2 Å². The highest BCUT2D eigenvalue weighted by Crippen LogP contribution is 2.39. The van der Waals surface area contributed by atoms with Crippen molar-refractivity contribution < 1.29 is 24.2 Å². The maximum atomic E-state index is 12.3. The summed E-state index contributed by atoms with van der Waals surface area (Å²) in [5, 5.41) is 10.8. The van der Waals surface area contributed by atoms with Crippen LogP contribution in [0.1, 0.15) is 37.0 Å². The molecule has 2 aromatic carbocycles. The monoisotopic (exact) mass is 451 g/mol. The second-order valence-electron chi connectivity index (χ2n) is 7.06. The third-order valence-electron chi connectivity index (χ3n) is 4.60. The molecule has 3 rings (SSSR count). The molecule has 166 valence electrons. The second-order valence-corrected chi connectivity index (χ2v) is 8.09. The number of aryl methyl sites for hydroxylation is 1. The second kappa shape index (κ2) is 10.8. The van der Waals surface area contributed by atoms with Crippen molar-refractivity contribution in [3.8, 4) is 5.75 Å². The summed E-state index contributed by atoms with van der Waals surface area (Å²) in [5.74, 6) is -0.604. The predicted octanol–water partition coefficient (Wildman–Crippen LogP) is 5.37. The molecule has 0 saturated carbocycles. The van der Waals surface area contributed by atoms with Gasteiger partial charge in [-0.05, 0) is 43.2 Å². The SMILES string of the molecule is CCOC(=O)C1=C(O)/C(=C/c2ccc(OCc3ccc(C)cc3)cc2)SC1=NC(=O)CC. The molecule has 0 spiro atoms. The molecule has 7 heteroatoms. The number of rotatable bonds is 7. The minimum Gasteiger partial charge on any atom is -0.506 e. The number of benzene rings is 2. The lowest BCUT2D eigenvalue weighted by Gasteiger charge is -2.07. The highest BCUT2D eigenvalue weighted by molar-refractivity contribution is 8.18. The molecule has 6 nitrogen and oxygen atoms in total. The number of carbonyl (C=O) groups excluding carboxylic acids is 2. The molecule has 0 aromatic heterocycles. The number of aliphatic hydroxyl groups is 1. The predicted molar refractivity (Wildman–Crippen MR) is 127 cm³/mol. The van der Waals surface area contributed by atoms with Crippen molar-refractivity contribution in [1.29, 1.82) is 0 Å². The third-order valence-corrected chi connectivity index (χ3v) is 5.62. The number of amides is 1. The molecular formula is C25H25NO5S. The highest BCUT2D eigenvalue weighted by atomic mass is 32.2. The van der Waals surface area contributed by atoms with Gasteiger partial charge in [-0.3, -0.25) is 4.79 Å².